The number of rotatable bonds is 3. The number of pyridine rings is 1. The maximum atomic E-state index is 12.8. The van der Waals surface area contributed by atoms with Crippen LogP contribution in [0.15, 0.2) is 24.4 Å². The number of hydrogen-bond acceptors (Lipinski definition) is 5. The molecule has 4 aliphatic rings. The zero-order valence-electron chi connectivity index (χ0n) is 14.5. The molecule has 4 saturated heterocycles. The van der Waals surface area contributed by atoms with Crippen molar-refractivity contribution >= 4 is 17.9 Å². The molecule has 4 fully saturated rings. The molecule has 0 unspecified atom stereocenters. The average molecular weight is 358 g/mol. The van der Waals surface area contributed by atoms with Crippen molar-refractivity contribution in [1.82, 2.24) is 19.7 Å². The normalized spacial score (nSPS) is 25.2. The van der Waals surface area contributed by atoms with E-state index in [9.17, 15) is 14.4 Å². The molecule has 1 aromatic rings. The van der Waals surface area contributed by atoms with Crippen LogP contribution in [-0.2, 0) is 9.53 Å². The van der Waals surface area contributed by atoms with Crippen molar-refractivity contribution in [2.75, 3.05) is 39.3 Å². The number of amides is 3. The summed E-state index contributed by atoms with van der Waals surface area (Å²) in [5, 5.41) is 0. The molecular weight excluding hydrogens is 336 g/mol. The van der Waals surface area contributed by atoms with E-state index in [0.717, 1.165) is 12.8 Å². The van der Waals surface area contributed by atoms with Crippen molar-refractivity contribution in [3.05, 3.63) is 30.1 Å². The number of carbonyl (C=O) groups is 3. The number of ether oxygens (including phenoxy) is 1. The van der Waals surface area contributed by atoms with Gasteiger partial charge in [-0.15, -0.1) is 0 Å². The van der Waals surface area contributed by atoms with Gasteiger partial charge in [-0.25, -0.2) is 4.79 Å². The van der Waals surface area contributed by atoms with E-state index in [-0.39, 0.29) is 30.3 Å². The van der Waals surface area contributed by atoms with Crippen LogP contribution < -0.4 is 0 Å². The highest BCUT2D eigenvalue weighted by Gasteiger charge is 2.39. The van der Waals surface area contributed by atoms with Crippen LogP contribution in [-0.4, -0.2) is 83.0 Å². The van der Waals surface area contributed by atoms with Crippen LogP contribution in [0.2, 0.25) is 0 Å². The van der Waals surface area contributed by atoms with Gasteiger partial charge in [0, 0.05) is 31.9 Å². The number of hydrogen-bond donors (Lipinski definition) is 0. The molecule has 4 aliphatic heterocycles. The van der Waals surface area contributed by atoms with Gasteiger partial charge < -0.3 is 14.5 Å². The molecule has 0 radical (unpaired) electrons. The van der Waals surface area contributed by atoms with Gasteiger partial charge in [0.1, 0.15) is 18.8 Å². The fourth-order valence-corrected chi connectivity index (χ4v) is 4.03. The zero-order valence-corrected chi connectivity index (χ0v) is 14.5. The first kappa shape index (κ1) is 16.8. The number of fused-ring (bicyclic) bond motifs is 4. The van der Waals surface area contributed by atoms with Crippen LogP contribution in [0.3, 0.4) is 0 Å². The molecule has 0 saturated carbocycles. The highest BCUT2D eigenvalue weighted by Crippen LogP contribution is 2.29. The zero-order chi connectivity index (χ0) is 18.1. The number of piperidine rings is 1. The summed E-state index contributed by atoms with van der Waals surface area (Å²) >= 11 is 0. The lowest BCUT2D eigenvalue weighted by atomic mass is 9.95. The molecule has 1 aromatic heterocycles. The minimum absolute atomic E-state index is 0.00691. The summed E-state index contributed by atoms with van der Waals surface area (Å²) in [5.74, 6) is 0.112. The lowest BCUT2D eigenvalue weighted by Gasteiger charge is -2.36. The third-order valence-corrected chi connectivity index (χ3v) is 5.38. The predicted octanol–water partition coefficient (Wildman–Crippen LogP) is 0.597. The van der Waals surface area contributed by atoms with Crippen LogP contribution in [0, 0.1) is 5.92 Å². The number of nitrogens with zero attached hydrogens (tertiary/aromatic N) is 4. The van der Waals surface area contributed by atoms with E-state index in [1.807, 2.05) is 9.80 Å². The van der Waals surface area contributed by atoms with Gasteiger partial charge in [-0.2, -0.15) is 0 Å². The third kappa shape index (κ3) is 3.23. The van der Waals surface area contributed by atoms with E-state index in [0.29, 0.717) is 38.5 Å². The Morgan fingerprint density at radius 1 is 1.19 bits per heavy atom. The lowest BCUT2D eigenvalue weighted by Crippen LogP contribution is -2.51. The second-order valence-electron chi connectivity index (χ2n) is 7.10. The second kappa shape index (κ2) is 6.93. The topological polar surface area (TPSA) is 83.0 Å². The summed E-state index contributed by atoms with van der Waals surface area (Å²) in [5.41, 5.74) is 0.437. The van der Waals surface area contributed by atoms with Crippen LogP contribution in [0.25, 0.3) is 0 Å². The summed E-state index contributed by atoms with van der Waals surface area (Å²) in [7, 11) is 0. The van der Waals surface area contributed by atoms with E-state index in [1.54, 1.807) is 24.4 Å². The Hall–Kier alpha value is -2.64. The highest BCUT2D eigenvalue weighted by molar-refractivity contribution is 5.92. The van der Waals surface area contributed by atoms with Crippen molar-refractivity contribution in [2.24, 2.45) is 5.92 Å². The van der Waals surface area contributed by atoms with Crippen molar-refractivity contribution in [2.45, 2.75) is 18.9 Å². The second-order valence-corrected chi connectivity index (χ2v) is 7.10. The number of aromatic nitrogens is 1. The molecule has 0 aromatic carbocycles. The van der Waals surface area contributed by atoms with E-state index < -0.39 is 6.09 Å². The molecule has 2 bridgehead atoms. The minimum atomic E-state index is -0.426. The van der Waals surface area contributed by atoms with E-state index in [2.05, 4.69) is 4.98 Å². The van der Waals surface area contributed by atoms with E-state index in [4.69, 9.17) is 4.74 Å². The van der Waals surface area contributed by atoms with Crippen molar-refractivity contribution in [1.29, 1.82) is 0 Å². The standard InChI is InChI=1S/C18H22N4O4/c23-16(12-20-7-8-26-18(20)25)22-10-13-4-5-14(22)11-21(9-13)17(24)15-3-1-2-6-19-15/h1-3,6,13-14H,4-5,7-12H2/t13-,14+/m0/s1. The predicted molar refractivity (Wildman–Crippen MR) is 91.3 cm³/mol. The van der Waals surface area contributed by atoms with Gasteiger partial charge in [0.05, 0.1) is 6.54 Å². The van der Waals surface area contributed by atoms with Gasteiger partial charge in [0.2, 0.25) is 5.91 Å². The van der Waals surface area contributed by atoms with Crippen LogP contribution >= 0.6 is 0 Å². The molecule has 5 rings (SSSR count). The minimum Gasteiger partial charge on any atom is -0.448 e. The van der Waals surface area contributed by atoms with Crippen molar-refractivity contribution in [3.8, 4) is 0 Å². The van der Waals surface area contributed by atoms with Gasteiger partial charge >= 0.3 is 6.09 Å². The average Bonchev–Trinajstić information content (AvgIpc) is 2.87. The fourth-order valence-electron chi connectivity index (χ4n) is 4.03. The Bertz CT molecular complexity index is 710. The smallest absolute Gasteiger partial charge is 0.410 e. The van der Waals surface area contributed by atoms with Crippen LogP contribution in [0.1, 0.15) is 23.3 Å². The monoisotopic (exact) mass is 358 g/mol. The Kier molecular flexibility index (Phi) is 4.48. The van der Waals surface area contributed by atoms with Crippen molar-refractivity contribution < 1.29 is 19.1 Å². The first-order valence-electron chi connectivity index (χ1n) is 9.03. The largest absolute Gasteiger partial charge is 0.448 e. The molecular formula is C18H22N4O4. The molecule has 8 heteroatoms. The first-order chi connectivity index (χ1) is 12.6. The van der Waals surface area contributed by atoms with Gasteiger partial charge in [0.25, 0.3) is 5.91 Å². The van der Waals surface area contributed by atoms with Crippen LogP contribution in [0.4, 0.5) is 4.79 Å². The van der Waals surface area contributed by atoms with Crippen molar-refractivity contribution in [3.63, 3.8) is 0 Å². The van der Waals surface area contributed by atoms with Crippen LogP contribution in [0.5, 0.6) is 0 Å². The molecule has 138 valence electrons. The van der Waals surface area contributed by atoms with Gasteiger partial charge in [0.15, 0.2) is 0 Å². The molecule has 0 spiro atoms. The molecule has 3 amide bonds. The Morgan fingerprint density at radius 2 is 2.08 bits per heavy atom. The summed E-state index contributed by atoms with van der Waals surface area (Å²) < 4.78 is 4.89. The molecule has 0 N–H and O–H groups in total. The highest BCUT2D eigenvalue weighted by atomic mass is 16.6. The Balaban J connectivity index is 1.45. The molecule has 5 heterocycles. The van der Waals surface area contributed by atoms with E-state index >= 15 is 0 Å². The van der Waals surface area contributed by atoms with E-state index in [1.165, 1.54) is 4.90 Å². The van der Waals surface area contributed by atoms with Gasteiger partial charge in [-0.1, -0.05) is 6.07 Å². The SMILES string of the molecule is O=C1OCCN1CC(=O)N1C[C@H]2CC[C@@H]1CN(C(=O)c1ccccn1)C2. The summed E-state index contributed by atoms with van der Waals surface area (Å²) in [6, 6.07) is 5.30. The molecule has 26 heavy (non-hydrogen) atoms. The Labute approximate surface area is 151 Å². The molecule has 2 atom stereocenters. The van der Waals surface area contributed by atoms with Gasteiger partial charge in [-0.05, 0) is 30.9 Å². The van der Waals surface area contributed by atoms with Gasteiger partial charge in [-0.3, -0.25) is 19.5 Å². The summed E-state index contributed by atoms with van der Waals surface area (Å²) in [4.78, 5) is 46.4. The quantitative estimate of drug-likeness (QED) is 0.790. The maximum absolute atomic E-state index is 12.8. The fraction of sp³-hybridized carbons (Fsp3) is 0.556. The maximum Gasteiger partial charge on any atom is 0.410 e. The third-order valence-electron chi connectivity index (χ3n) is 5.38. The molecule has 0 aliphatic carbocycles. The lowest BCUT2D eigenvalue weighted by molar-refractivity contribution is -0.135. The summed E-state index contributed by atoms with van der Waals surface area (Å²) in [6.07, 6.45) is 3.08. The Morgan fingerprint density at radius 3 is 2.81 bits per heavy atom. The molecule has 8 nitrogen and oxygen atoms in total. The summed E-state index contributed by atoms with van der Waals surface area (Å²) in [6.45, 7) is 2.64. The number of cyclic esters (lactones) is 1. The first-order valence-corrected chi connectivity index (χ1v) is 9.03. The number of carbonyl (C=O) groups excluding carboxylic acids is 3.